The van der Waals surface area contributed by atoms with Gasteiger partial charge >= 0.3 is 0 Å². The number of likely N-dealkylation sites (N-methyl/N-ethyl adjacent to an activating group) is 1. The zero-order chi connectivity index (χ0) is 17.6. The Morgan fingerprint density at radius 1 is 1.12 bits per heavy atom. The van der Waals surface area contributed by atoms with Gasteiger partial charge in [-0.05, 0) is 25.8 Å². The lowest BCUT2D eigenvalue weighted by molar-refractivity contribution is 1.15. The first-order valence-corrected chi connectivity index (χ1v) is 8.20. The third-order valence-corrected chi connectivity index (χ3v) is 3.31. The van der Waals surface area contributed by atoms with E-state index in [2.05, 4.69) is 28.5 Å². The van der Waals surface area contributed by atoms with Crippen LogP contribution < -0.4 is 5.32 Å². The minimum absolute atomic E-state index is 0.330. The number of hydrogen-bond acceptors (Lipinski definition) is 1. The van der Waals surface area contributed by atoms with Crippen LogP contribution in [0.1, 0.15) is 25.8 Å². The number of amidine groups is 2. The van der Waals surface area contributed by atoms with Crippen LogP contribution in [0.5, 0.6) is 0 Å². The molecule has 3 heteroatoms. The van der Waals surface area contributed by atoms with Crippen LogP contribution in [0.2, 0.25) is 0 Å². The highest BCUT2D eigenvalue weighted by Crippen LogP contribution is 2.05. The lowest BCUT2D eigenvalue weighted by Crippen LogP contribution is -2.21. The molecule has 0 aromatic heterocycles. The largest absolute Gasteiger partial charge is 0.373 e. The van der Waals surface area contributed by atoms with Crippen molar-refractivity contribution in [2.24, 2.45) is 4.99 Å². The molecule has 0 amide bonds. The molecule has 0 fully saturated rings. The number of benzene rings is 1. The van der Waals surface area contributed by atoms with Crippen molar-refractivity contribution in [2.75, 3.05) is 7.05 Å². The summed E-state index contributed by atoms with van der Waals surface area (Å²) < 4.78 is 0. The minimum Gasteiger partial charge on any atom is -0.373 e. The van der Waals surface area contributed by atoms with Gasteiger partial charge in [0.05, 0.1) is 0 Å². The van der Waals surface area contributed by atoms with Gasteiger partial charge in [-0.25, -0.2) is 4.99 Å². The molecule has 0 unspecified atom stereocenters. The van der Waals surface area contributed by atoms with Crippen LogP contribution in [0.4, 0.5) is 0 Å². The molecular formula is C21H27N3. The normalized spacial score (nSPS) is 13.3. The van der Waals surface area contributed by atoms with Gasteiger partial charge in [-0.1, -0.05) is 72.9 Å². The molecule has 1 aromatic carbocycles. The molecule has 0 saturated heterocycles. The Labute approximate surface area is 145 Å². The summed E-state index contributed by atoms with van der Waals surface area (Å²) in [7, 11) is 1.83. The topological polar surface area (TPSA) is 48.2 Å². The van der Waals surface area contributed by atoms with E-state index in [-0.39, 0.29) is 0 Å². The maximum absolute atomic E-state index is 7.98. The van der Waals surface area contributed by atoms with Crippen LogP contribution >= 0.6 is 0 Å². The average Bonchev–Trinajstić information content (AvgIpc) is 2.61. The van der Waals surface area contributed by atoms with E-state index in [0.717, 1.165) is 12.0 Å². The Morgan fingerprint density at radius 3 is 2.50 bits per heavy atom. The van der Waals surface area contributed by atoms with Crippen LogP contribution in [0, 0.1) is 5.41 Å². The number of aliphatic imine (C=N–C) groups is 1. The summed E-state index contributed by atoms with van der Waals surface area (Å²) in [5.41, 5.74) is 2.25. The number of allylic oxidation sites excluding steroid dienone is 5. The van der Waals surface area contributed by atoms with Crippen molar-refractivity contribution in [1.82, 2.24) is 5.32 Å². The van der Waals surface area contributed by atoms with Gasteiger partial charge in [-0.15, -0.1) is 0 Å². The fraction of sp³-hybridized carbons (Fsp3) is 0.238. The summed E-state index contributed by atoms with van der Waals surface area (Å²) in [6, 6.07) is 10.3. The van der Waals surface area contributed by atoms with Gasteiger partial charge in [0.2, 0.25) is 0 Å². The van der Waals surface area contributed by atoms with Crippen molar-refractivity contribution >= 4 is 11.7 Å². The zero-order valence-electron chi connectivity index (χ0n) is 14.8. The fourth-order valence-corrected chi connectivity index (χ4v) is 2.06. The van der Waals surface area contributed by atoms with Crippen molar-refractivity contribution in [3.63, 3.8) is 0 Å². The summed E-state index contributed by atoms with van der Waals surface area (Å²) in [5, 5.41) is 11.1. The summed E-state index contributed by atoms with van der Waals surface area (Å²) in [6.45, 7) is 3.94. The molecule has 0 saturated carbocycles. The van der Waals surface area contributed by atoms with Crippen molar-refractivity contribution < 1.29 is 0 Å². The maximum atomic E-state index is 7.98. The summed E-state index contributed by atoms with van der Waals surface area (Å²) in [5.74, 6) is 1.04. The summed E-state index contributed by atoms with van der Waals surface area (Å²) in [4.78, 5) is 4.38. The molecule has 0 aliphatic heterocycles. The van der Waals surface area contributed by atoms with Crippen molar-refractivity contribution in [3.05, 3.63) is 84.0 Å². The van der Waals surface area contributed by atoms with Crippen LogP contribution in [0.3, 0.4) is 0 Å². The van der Waals surface area contributed by atoms with E-state index in [1.807, 2.05) is 75.6 Å². The minimum atomic E-state index is 0.330. The molecule has 24 heavy (non-hydrogen) atoms. The predicted molar refractivity (Wildman–Crippen MR) is 106 cm³/mol. The van der Waals surface area contributed by atoms with Gasteiger partial charge in [0, 0.05) is 19.0 Å². The second-order valence-electron chi connectivity index (χ2n) is 5.15. The van der Waals surface area contributed by atoms with Gasteiger partial charge in [-0.2, -0.15) is 0 Å². The highest BCUT2D eigenvalue weighted by molar-refractivity contribution is 6.07. The van der Waals surface area contributed by atoms with E-state index in [4.69, 9.17) is 5.41 Å². The van der Waals surface area contributed by atoms with E-state index in [1.54, 1.807) is 0 Å². The van der Waals surface area contributed by atoms with E-state index in [1.165, 1.54) is 5.56 Å². The second kappa shape index (κ2) is 11.8. The molecule has 3 nitrogen and oxygen atoms in total. The molecule has 0 atom stereocenters. The van der Waals surface area contributed by atoms with E-state index in [0.29, 0.717) is 18.1 Å². The van der Waals surface area contributed by atoms with Crippen molar-refractivity contribution in [3.8, 4) is 0 Å². The highest BCUT2D eigenvalue weighted by Gasteiger charge is 2.02. The molecule has 1 rings (SSSR count). The molecule has 0 bridgehead atoms. The monoisotopic (exact) mass is 321 g/mol. The van der Waals surface area contributed by atoms with Gasteiger partial charge < -0.3 is 5.32 Å². The third kappa shape index (κ3) is 7.54. The van der Waals surface area contributed by atoms with E-state index >= 15 is 0 Å². The Morgan fingerprint density at radius 2 is 1.88 bits per heavy atom. The van der Waals surface area contributed by atoms with Crippen LogP contribution in [0.25, 0.3) is 0 Å². The van der Waals surface area contributed by atoms with E-state index < -0.39 is 0 Å². The average molecular weight is 321 g/mol. The van der Waals surface area contributed by atoms with E-state index in [9.17, 15) is 0 Å². The predicted octanol–water partition coefficient (Wildman–Crippen LogP) is 4.85. The Balaban J connectivity index is 2.72. The number of hydrogen-bond donors (Lipinski definition) is 2. The molecular weight excluding hydrogens is 294 g/mol. The first-order valence-electron chi connectivity index (χ1n) is 8.20. The van der Waals surface area contributed by atoms with Crippen LogP contribution in [-0.4, -0.2) is 18.7 Å². The molecule has 0 radical (unpaired) electrons. The van der Waals surface area contributed by atoms with Crippen LogP contribution in [-0.2, 0) is 6.42 Å². The van der Waals surface area contributed by atoms with Gasteiger partial charge in [-0.3, -0.25) is 5.41 Å². The maximum Gasteiger partial charge on any atom is 0.134 e. The number of nitrogens with zero attached hydrogens (tertiary/aromatic N) is 1. The first kappa shape index (κ1) is 19.4. The van der Waals surface area contributed by atoms with Gasteiger partial charge in [0.1, 0.15) is 11.7 Å². The SMILES string of the molecule is C/C=C\C=C/CC(=N)/N=C(NC)/C(/C=C\Cc1ccccc1)=C/C. The van der Waals surface area contributed by atoms with Gasteiger partial charge in [0.15, 0.2) is 0 Å². The standard InChI is InChI=1S/C21H27N3/c1-4-6-7-11-17-20(22)24-21(23-3)19(5-2)16-12-15-18-13-9-8-10-14-18/h4-14,16H,15,17H2,1-3H3,(H2,22,23,24)/b6-4-,11-7-,16-12-,19-5+. The molecule has 0 heterocycles. The van der Waals surface area contributed by atoms with Crippen molar-refractivity contribution in [2.45, 2.75) is 26.7 Å². The Hall–Kier alpha value is -2.68. The fourth-order valence-electron chi connectivity index (χ4n) is 2.06. The smallest absolute Gasteiger partial charge is 0.134 e. The zero-order valence-corrected chi connectivity index (χ0v) is 14.8. The second-order valence-corrected chi connectivity index (χ2v) is 5.15. The lowest BCUT2D eigenvalue weighted by Gasteiger charge is -2.07. The lowest BCUT2D eigenvalue weighted by atomic mass is 10.1. The molecule has 0 aliphatic carbocycles. The Bertz CT molecular complexity index is 647. The van der Waals surface area contributed by atoms with Crippen LogP contribution in [0.15, 0.2) is 83.4 Å². The highest BCUT2D eigenvalue weighted by atomic mass is 15.0. The molecule has 126 valence electrons. The number of nitrogens with one attached hydrogen (secondary N) is 2. The molecule has 0 spiro atoms. The first-order chi connectivity index (χ1) is 11.7. The Kier molecular flexibility index (Phi) is 9.55. The van der Waals surface area contributed by atoms with Gasteiger partial charge in [0.25, 0.3) is 0 Å². The van der Waals surface area contributed by atoms with Crippen molar-refractivity contribution in [1.29, 1.82) is 5.41 Å². The quantitative estimate of drug-likeness (QED) is 0.421. The summed E-state index contributed by atoms with van der Waals surface area (Å²) in [6.07, 6.45) is 15.3. The molecule has 2 N–H and O–H groups in total. The third-order valence-electron chi connectivity index (χ3n) is 3.31. The molecule has 1 aromatic rings. The molecule has 0 aliphatic rings. The number of rotatable bonds is 7. The summed E-state index contributed by atoms with van der Waals surface area (Å²) >= 11 is 0.